The van der Waals surface area contributed by atoms with Gasteiger partial charge in [-0.25, -0.2) is 9.59 Å². The van der Waals surface area contributed by atoms with Crippen molar-refractivity contribution in [2.24, 2.45) is 0 Å². The van der Waals surface area contributed by atoms with Gasteiger partial charge < -0.3 is 20.8 Å². The van der Waals surface area contributed by atoms with Crippen LogP contribution in [-0.4, -0.2) is 34.2 Å². The number of aliphatic carboxylic acids is 2. The van der Waals surface area contributed by atoms with Crippen LogP contribution in [0.1, 0.15) is 6.42 Å². The monoisotopic (exact) mass is 252 g/mol. The number of carbonyl (C=O) groups is 3. The average Bonchev–Trinajstić information content (AvgIpc) is 2.28. The van der Waals surface area contributed by atoms with Gasteiger partial charge in [-0.1, -0.05) is 18.2 Å². The van der Waals surface area contributed by atoms with Crippen LogP contribution >= 0.6 is 0 Å². The quantitative estimate of drug-likeness (QED) is 0.616. The number of benzene rings is 1. The number of carboxylic acid groups (broad SMARTS) is 2. The number of hydrogen-bond donors (Lipinski definition) is 4. The molecular weight excluding hydrogens is 240 g/mol. The Morgan fingerprint density at radius 1 is 1.11 bits per heavy atom. The number of carbonyl (C=O) groups excluding carboxylic acids is 1. The number of rotatable bonds is 5. The molecule has 0 aliphatic carbocycles. The van der Waals surface area contributed by atoms with Crippen LogP contribution in [0.15, 0.2) is 30.3 Å². The van der Waals surface area contributed by atoms with Crippen molar-refractivity contribution in [1.29, 1.82) is 0 Å². The molecule has 0 radical (unpaired) electrons. The summed E-state index contributed by atoms with van der Waals surface area (Å²) in [6.45, 7) is 0. The van der Waals surface area contributed by atoms with Gasteiger partial charge in [-0.15, -0.1) is 0 Å². The third-order valence-electron chi connectivity index (χ3n) is 2.01. The minimum absolute atomic E-state index is 0.481. The summed E-state index contributed by atoms with van der Waals surface area (Å²) in [6, 6.07) is 6.15. The second-order valence-corrected chi connectivity index (χ2v) is 3.45. The molecule has 7 nitrogen and oxygen atoms in total. The van der Waals surface area contributed by atoms with Crippen molar-refractivity contribution in [3.8, 4) is 0 Å². The summed E-state index contributed by atoms with van der Waals surface area (Å²) in [5.41, 5.74) is 0.481. The Bertz CT molecular complexity index is 446. The van der Waals surface area contributed by atoms with Crippen LogP contribution in [-0.2, 0) is 9.59 Å². The smallest absolute Gasteiger partial charge is 0.326 e. The number of anilines is 1. The summed E-state index contributed by atoms with van der Waals surface area (Å²) in [5, 5.41) is 21.7. The van der Waals surface area contributed by atoms with E-state index in [4.69, 9.17) is 10.2 Å². The lowest BCUT2D eigenvalue weighted by Gasteiger charge is -2.13. The standard InChI is InChI=1S/C11H12N2O5/c14-9(15)6-8(10(16)17)13-11(18)12-7-4-2-1-3-5-7/h1-5,8H,6H2,(H,14,15)(H,16,17)(H2,12,13,18)/t8-/m1/s1. The van der Waals surface area contributed by atoms with E-state index >= 15 is 0 Å². The van der Waals surface area contributed by atoms with Gasteiger partial charge in [-0.3, -0.25) is 4.79 Å². The molecule has 96 valence electrons. The molecule has 1 aromatic carbocycles. The number of urea groups is 1. The lowest BCUT2D eigenvalue weighted by atomic mass is 10.2. The molecule has 4 N–H and O–H groups in total. The highest BCUT2D eigenvalue weighted by atomic mass is 16.4. The molecule has 0 spiro atoms. The van der Waals surface area contributed by atoms with Crippen LogP contribution in [0.2, 0.25) is 0 Å². The van der Waals surface area contributed by atoms with E-state index in [-0.39, 0.29) is 0 Å². The average molecular weight is 252 g/mol. The van der Waals surface area contributed by atoms with E-state index in [2.05, 4.69) is 10.6 Å². The largest absolute Gasteiger partial charge is 0.481 e. The van der Waals surface area contributed by atoms with Crippen molar-refractivity contribution >= 4 is 23.7 Å². The van der Waals surface area contributed by atoms with E-state index in [0.29, 0.717) is 5.69 Å². The van der Waals surface area contributed by atoms with E-state index in [0.717, 1.165) is 0 Å². The number of nitrogens with one attached hydrogen (secondary N) is 2. The fraction of sp³-hybridized carbons (Fsp3) is 0.182. The first-order valence-electron chi connectivity index (χ1n) is 5.06. The maximum absolute atomic E-state index is 11.4. The highest BCUT2D eigenvalue weighted by Crippen LogP contribution is 2.04. The van der Waals surface area contributed by atoms with E-state index in [1.54, 1.807) is 30.3 Å². The molecular formula is C11H12N2O5. The molecule has 0 saturated heterocycles. The predicted octanol–water partition coefficient (Wildman–Crippen LogP) is 0.736. The Morgan fingerprint density at radius 2 is 1.72 bits per heavy atom. The van der Waals surface area contributed by atoms with Gasteiger partial charge in [0.15, 0.2) is 0 Å². The summed E-state index contributed by atoms with van der Waals surface area (Å²) in [5.74, 6) is -2.71. The third-order valence-corrected chi connectivity index (χ3v) is 2.01. The summed E-state index contributed by atoms with van der Waals surface area (Å²) >= 11 is 0. The third kappa shape index (κ3) is 4.52. The first-order valence-corrected chi connectivity index (χ1v) is 5.06. The van der Waals surface area contributed by atoms with Crippen LogP contribution < -0.4 is 10.6 Å². The molecule has 0 unspecified atom stereocenters. The van der Waals surface area contributed by atoms with Crippen molar-refractivity contribution in [2.45, 2.75) is 12.5 Å². The molecule has 0 fully saturated rings. The molecule has 1 aromatic rings. The number of hydrogen-bond acceptors (Lipinski definition) is 3. The van der Waals surface area contributed by atoms with Gasteiger partial charge in [-0.2, -0.15) is 0 Å². The SMILES string of the molecule is O=C(O)C[C@@H](NC(=O)Nc1ccccc1)C(=O)O. The van der Waals surface area contributed by atoms with Crippen molar-refractivity contribution < 1.29 is 24.6 Å². The number of amides is 2. The molecule has 1 rings (SSSR count). The van der Waals surface area contributed by atoms with Gasteiger partial charge >= 0.3 is 18.0 Å². The fourth-order valence-corrected chi connectivity index (χ4v) is 1.22. The molecule has 0 saturated carbocycles. The van der Waals surface area contributed by atoms with Gasteiger partial charge in [0, 0.05) is 5.69 Å². The zero-order chi connectivity index (χ0) is 13.5. The molecule has 7 heteroatoms. The van der Waals surface area contributed by atoms with Gasteiger partial charge in [-0.05, 0) is 12.1 Å². The lowest BCUT2D eigenvalue weighted by molar-refractivity contribution is -0.145. The highest BCUT2D eigenvalue weighted by Gasteiger charge is 2.22. The van der Waals surface area contributed by atoms with Crippen molar-refractivity contribution in [3.63, 3.8) is 0 Å². The summed E-state index contributed by atoms with van der Waals surface area (Å²) in [7, 11) is 0. The maximum Gasteiger partial charge on any atom is 0.326 e. The number of para-hydroxylation sites is 1. The Kier molecular flexibility index (Phi) is 4.67. The summed E-state index contributed by atoms with van der Waals surface area (Å²) in [6.07, 6.45) is -0.683. The Balaban J connectivity index is 2.56. The normalized spacial score (nSPS) is 11.3. The molecule has 1 atom stereocenters. The second-order valence-electron chi connectivity index (χ2n) is 3.45. The van der Waals surface area contributed by atoms with Crippen molar-refractivity contribution in [3.05, 3.63) is 30.3 Å². The molecule has 2 amide bonds. The van der Waals surface area contributed by atoms with Crippen LogP contribution in [0.3, 0.4) is 0 Å². The van der Waals surface area contributed by atoms with E-state index in [9.17, 15) is 14.4 Å². The molecule has 0 aromatic heterocycles. The Labute approximate surface area is 102 Å². The van der Waals surface area contributed by atoms with E-state index in [1.807, 2.05) is 0 Å². The van der Waals surface area contributed by atoms with Crippen molar-refractivity contribution in [2.75, 3.05) is 5.32 Å². The Morgan fingerprint density at radius 3 is 2.22 bits per heavy atom. The number of carboxylic acids is 2. The Hall–Kier alpha value is -2.57. The second kappa shape index (κ2) is 6.24. The van der Waals surface area contributed by atoms with Gasteiger partial charge in [0.25, 0.3) is 0 Å². The zero-order valence-corrected chi connectivity index (χ0v) is 9.29. The summed E-state index contributed by atoms with van der Waals surface area (Å²) in [4.78, 5) is 32.6. The fourth-order valence-electron chi connectivity index (χ4n) is 1.22. The van der Waals surface area contributed by atoms with Crippen LogP contribution in [0.25, 0.3) is 0 Å². The lowest BCUT2D eigenvalue weighted by Crippen LogP contribution is -2.44. The van der Waals surface area contributed by atoms with E-state index < -0.39 is 30.4 Å². The molecule has 0 heterocycles. The minimum Gasteiger partial charge on any atom is -0.481 e. The molecule has 18 heavy (non-hydrogen) atoms. The summed E-state index contributed by atoms with van der Waals surface area (Å²) < 4.78 is 0. The zero-order valence-electron chi connectivity index (χ0n) is 9.29. The van der Waals surface area contributed by atoms with Gasteiger partial charge in [0.1, 0.15) is 6.04 Å². The van der Waals surface area contributed by atoms with Crippen LogP contribution in [0.5, 0.6) is 0 Å². The van der Waals surface area contributed by atoms with Crippen LogP contribution in [0.4, 0.5) is 10.5 Å². The van der Waals surface area contributed by atoms with Crippen molar-refractivity contribution in [1.82, 2.24) is 5.32 Å². The van der Waals surface area contributed by atoms with Crippen LogP contribution in [0, 0.1) is 0 Å². The maximum atomic E-state index is 11.4. The first kappa shape index (κ1) is 13.5. The molecule has 0 aliphatic heterocycles. The molecule has 0 aliphatic rings. The first-order chi connectivity index (χ1) is 8.49. The predicted molar refractivity (Wildman–Crippen MR) is 62.3 cm³/mol. The topological polar surface area (TPSA) is 116 Å². The van der Waals surface area contributed by atoms with Gasteiger partial charge in [0.2, 0.25) is 0 Å². The van der Waals surface area contributed by atoms with Gasteiger partial charge in [0.05, 0.1) is 6.42 Å². The molecule has 0 bridgehead atoms. The van der Waals surface area contributed by atoms with E-state index in [1.165, 1.54) is 0 Å². The highest BCUT2D eigenvalue weighted by molar-refractivity contribution is 5.93. The minimum atomic E-state index is -1.47.